The van der Waals surface area contributed by atoms with Gasteiger partial charge in [0.1, 0.15) is 0 Å². The molecule has 0 spiro atoms. The van der Waals surface area contributed by atoms with Crippen molar-refractivity contribution in [2.24, 2.45) is 0 Å². The molecule has 1 heterocycles. The van der Waals surface area contributed by atoms with E-state index in [0.717, 1.165) is 25.6 Å². The van der Waals surface area contributed by atoms with Crippen LogP contribution in [0.2, 0.25) is 0 Å². The van der Waals surface area contributed by atoms with Crippen molar-refractivity contribution in [2.45, 2.75) is 51.6 Å². The highest BCUT2D eigenvalue weighted by atomic mass is 32.2. The molecule has 2 N–H and O–H groups in total. The van der Waals surface area contributed by atoms with E-state index in [-0.39, 0.29) is 17.5 Å². The summed E-state index contributed by atoms with van der Waals surface area (Å²) < 4.78 is 25.1. The molecule has 6 nitrogen and oxygen atoms in total. The molecule has 7 heteroatoms. The first-order chi connectivity index (χ1) is 9.07. The minimum atomic E-state index is -3.21. The standard InChI is InChI=1S/C13H27N3O3S/c1-13(2,3)14-8-7-12(17)16-9-5-6-11(10-16)15-20(4,18)19/h11,14-15H,5-10H2,1-4H3. The molecule has 0 radical (unpaired) electrons. The summed E-state index contributed by atoms with van der Waals surface area (Å²) in [6.45, 7) is 8.01. The number of nitrogens with zero attached hydrogens (tertiary/aromatic N) is 1. The predicted octanol–water partition coefficient (Wildman–Crippen LogP) is 0.305. The Hall–Kier alpha value is -0.660. The second-order valence-corrected chi connectivity index (χ2v) is 8.28. The Balaban J connectivity index is 2.40. The molecule has 0 saturated carbocycles. The molecule has 1 aliphatic rings. The van der Waals surface area contributed by atoms with Gasteiger partial charge in [-0.05, 0) is 33.6 Å². The fourth-order valence-corrected chi connectivity index (χ4v) is 3.10. The Labute approximate surface area is 122 Å². The van der Waals surface area contributed by atoms with Crippen LogP contribution in [0.3, 0.4) is 0 Å². The van der Waals surface area contributed by atoms with Crippen LogP contribution < -0.4 is 10.0 Å². The van der Waals surface area contributed by atoms with Crippen LogP contribution in [0.5, 0.6) is 0 Å². The quantitative estimate of drug-likeness (QED) is 0.766. The van der Waals surface area contributed by atoms with Crippen LogP contribution in [0.4, 0.5) is 0 Å². The second kappa shape index (κ2) is 6.87. The van der Waals surface area contributed by atoms with E-state index in [1.54, 1.807) is 4.90 Å². The van der Waals surface area contributed by atoms with Gasteiger partial charge in [0.25, 0.3) is 0 Å². The molecule has 0 bridgehead atoms. The van der Waals surface area contributed by atoms with Crippen LogP contribution in [0.15, 0.2) is 0 Å². The monoisotopic (exact) mass is 305 g/mol. The lowest BCUT2D eigenvalue weighted by atomic mass is 10.1. The van der Waals surface area contributed by atoms with Crippen LogP contribution in [-0.4, -0.2) is 56.7 Å². The van der Waals surface area contributed by atoms with Gasteiger partial charge >= 0.3 is 0 Å². The van der Waals surface area contributed by atoms with Crippen LogP contribution in [0, 0.1) is 0 Å². The maximum absolute atomic E-state index is 12.1. The minimum Gasteiger partial charge on any atom is -0.341 e. The largest absolute Gasteiger partial charge is 0.341 e. The number of hydrogen-bond donors (Lipinski definition) is 2. The van der Waals surface area contributed by atoms with Gasteiger partial charge in [-0.1, -0.05) is 0 Å². The fourth-order valence-electron chi connectivity index (χ4n) is 2.31. The SMILES string of the molecule is CC(C)(C)NCCC(=O)N1CCCC(NS(C)(=O)=O)C1. The molecule has 1 amide bonds. The number of amides is 1. The average molecular weight is 305 g/mol. The van der Waals surface area contributed by atoms with E-state index in [4.69, 9.17) is 0 Å². The molecule has 1 unspecified atom stereocenters. The number of hydrogen-bond acceptors (Lipinski definition) is 4. The van der Waals surface area contributed by atoms with E-state index < -0.39 is 10.0 Å². The van der Waals surface area contributed by atoms with Crippen LogP contribution in [-0.2, 0) is 14.8 Å². The van der Waals surface area contributed by atoms with Crippen molar-refractivity contribution in [1.29, 1.82) is 0 Å². The molecule has 1 saturated heterocycles. The van der Waals surface area contributed by atoms with Gasteiger partial charge in [0.2, 0.25) is 15.9 Å². The van der Waals surface area contributed by atoms with Gasteiger partial charge in [-0.3, -0.25) is 4.79 Å². The summed E-state index contributed by atoms with van der Waals surface area (Å²) in [5, 5.41) is 3.28. The first-order valence-corrected chi connectivity index (χ1v) is 8.96. The van der Waals surface area contributed by atoms with Gasteiger partial charge in [0.05, 0.1) is 6.26 Å². The van der Waals surface area contributed by atoms with E-state index in [1.807, 2.05) is 0 Å². The average Bonchev–Trinajstić information content (AvgIpc) is 2.25. The maximum Gasteiger partial charge on any atom is 0.223 e. The topological polar surface area (TPSA) is 78.5 Å². The lowest BCUT2D eigenvalue weighted by molar-refractivity contribution is -0.132. The number of rotatable bonds is 5. The lowest BCUT2D eigenvalue weighted by Gasteiger charge is -2.33. The number of sulfonamides is 1. The van der Waals surface area contributed by atoms with Crippen LogP contribution in [0.1, 0.15) is 40.0 Å². The smallest absolute Gasteiger partial charge is 0.223 e. The Bertz CT molecular complexity index is 429. The summed E-state index contributed by atoms with van der Waals surface area (Å²) in [4.78, 5) is 13.9. The molecule has 1 aliphatic heterocycles. The molecule has 20 heavy (non-hydrogen) atoms. The maximum atomic E-state index is 12.1. The van der Waals surface area contributed by atoms with Crippen molar-refractivity contribution in [3.8, 4) is 0 Å². The van der Waals surface area contributed by atoms with Gasteiger partial charge in [-0.25, -0.2) is 13.1 Å². The third-order valence-corrected chi connectivity index (χ3v) is 3.91. The summed E-state index contributed by atoms with van der Waals surface area (Å²) in [5.74, 6) is 0.0850. The van der Waals surface area contributed by atoms with Gasteiger partial charge in [-0.15, -0.1) is 0 Å². The highest BCUT2D eigenvalue weighted by molar-refractivity contribution is 7.88. The van der Waals surface area contributed by atoms with E-state index in [2.05, 4.69) is 30.8 Å². The Kier molecular flexibility index (Phi) is 5.97. The molecule has 0 aliphatic carbocycles. The zero-order valence-corrected chi connectivity index (χ0v) is 13.7. The van der Waals surface area contributed by atoms with Crippen molar-refractivity contribution >= 4 is 15.9 Å². The number of piperidine rings is 1. The first kappa shape index (κ1) is 17.4. The van der Waals surface area contributed by atoms with Crippen molar-refractivity contribution in [1.82, 2.24) is 14.9 Å². The summed E-state index contributed by atoms with van der Waals surface area (Å²) >= 11 is 0. The van der Waals surface area contributed by atoms with E-state index >= 15 is 0 Å². The van der Waals surface area contributed by atoms with Crippen LogP contribution >= 0.6 is 0 Å². The zero-order chi connectivity index (χ0) is 15.4. The van der Waals surface area contributed by atoms with Gasteiger partial charge in [-0.2, -0.15) is 0 Å². The van der Waals surface area contributed by atoms with E-state index in [9.17, 15) is 13.2 Å². The number of carbonyl (C=O) groups is 1. The molecule has 0 aromatic carbocycles. The molecule has 1 atom stereocenters. The first-order valence-electron chi connectivity index (χ1n) is 7.07. The highest BCUT2D eigenvalue weighted by Gasteiger charge is 2.25. The summed E-state index contributed by atoms with van der Waals surface area (Å²) in [6, 6.07) is -0.154. The molecule has 0 aromatic rings. The number of likely N-dealkylation sites (tertiary alicyclic amines) is 1. The van der Waals surface area contributed by atoms with Crippen molar-refractivity contribution in [3.05, 3.63) is 0 Å². The fraction of sp³-hybridized carbons (Fsp3) is 0.923. The van der Waals surface area contributed by atoms with E-state index in [1.165, 1.54) is 0 Å². The summed E-state index contributed by atoms with van der Waals surface area (Å²) in [7, 11) is -3.21. The van der Waals surface area contributed by atoms with Gasteiger partial charge in [0.15, 0.2) is 0 Å². The Morgan fingerprint density at radius 1 is 1.35 bits per heavy atom. The zero-order valence-electron chi connectivity index (χ0n) is 12.9. The highest BCUT2D eigenvalue weighted by Crippen LogP contribution is 2.12. The molecule has 118 valence electrons. The molecular weight excluding hydrogens is 278 g/mol. The number of nitrogens with one attached hydrogen (secondary N) is 2. The van der Waals surface area contributed by atoms with Gasteiger partial charge in [0, 0.05) is 37.6 Å². The summed E-state index contributed by atoms with van der Waals surface area (Å²) in [5.41, 5.74) is 0.00254. The second-order valence-electron chi connectivity index (χ2n) is 6.50. The molecule has 0 aromatic heterocycles. The summed E-state index contributed by atoms with van der Waals surface area (Å²) in [6.07, 6.45) is 3.23. The third-order valence-electron chi connectivity index (χ3n) is 3.15. The van der Waals surface area contributed by atoms with Crippen molar-refractivity contribution in [3.63, 3.8) is 0 Å². The minimum absolute atomic E-state index is 0.00254. The number of carbonyl (C=O) groups excluding carboxylic acids is 1. The lowest BCUT2D eigenvalue weighted by Crippen LogP contribution is -2.50. The normalized spacial score (nSPS) is 21.0. The molecule has 1 fully saturated rings. The van der Waals surface area contributed by atoms with Crippen LogP contribution in [0.25, 0.3) is 0 Å². The van der Waals surface area contributed by atoms with Crippen molar-refractivity contribution in [2.75, 3.05) is 25.9 Å². The third kappa shape index (κ3) is 7.21. The predicted molar refractivity (Wildman–Crippen MR) is 80.0 cm³/mol. The van der Waals surface area contributed by atoms with Gasteiger partial charge < -0.3 is 10.2 Å². The van der Waals surface area contributed by atoms with E-state index in [0.29, 0.717) is 19.5 Å². The Morgan fingerprint density at radius 2 is 2.00 bits per heavy atom. The molecular formula is C13H27N3O3S. The Morgan fingerprint density at radius 3 is 2.55 bits per heavy atom. The van der Waals surface area contributed by atoms with Crippen molar-refractivity contribution < 1.29 is 13.2 Å². The molecule has 1 rings (SSSR count).